The molecule has 0 radical (unpaired) electrons. The Kier molecular flexibility index (Phi) is 3.05. The van der Waals surface area contributed by atoms with Crippen LogP contribution in [0.25, 0.3) is 0 Å². The SMILES string of the molecule is COCCc1nc(Cl)ns1. The molecule has 1 aromatic rings. The van der Waals surface area contributed by atoms with Crippen LogP contribution in [0, 0.1) is 0 Å². The van der Waals surface area contributed by atoms with Crippen LogP contribution in [0.3, 0.4) is 0 Å². The van der Waals surface area contributed by atoms with E-state index in [-0.39, 0.29) is 0 Å². The number of aromatic nitrogens is 2. The minimum absolute atomic E-state index is 0.330. The summed E-state index contributed by atoms with van der Waals surface area (Å²) in [6.45, 7) is 0.672. The molecule has 3 nitrogen and oxygen atoms in total. The van der Waals surface area contributed by atoms with Crippen molar-refractivity contribution in [2.45, 2.75) is 6.42 Å². The summed E-state index contributed by atoms with van der Waals surface area (Å²) in [5, 5.41) is 1.25. The van der Waals surface area contributed by atoms with Crippen LogP contribution in [-0.2, 0) is 11.2 Å². The van der Waals surface area contributed by atoms with Gasteiger partial charge in [-0.2, -0.15) is 4.37 Å². The van der Waals surface area contributed by atoms with Gasteiger partial charge in [0.25, 0.3) is 0 Å². The van der Waals surface area contributed by atoms with Crippen molar-refractivity contribution < 1.29 is 4.74 Å². The Bertz CT molecular complexity index is 203. The fourth-order valence-corrected chi connectivity index (χ4v) is 1.30. The number of halogens is 1. The van der Waals surface area contributed by atoms with Crippen molar-refractivity contribution in [3.8, 4) is 0 Å². The average Bonchev–Trinajstić information content (AvgIpc) is 2.31. The van der Waals surface area contributed by atoms with Gasteiger partial charge < -0.3 is 4.74 Å². The topological polar surface area (TPSA) is 35.0 Å². The smallest absolute Gasteiger partial charge is 0.234 e. The van der Waals surface area contributed by atoms with Gasteiger partial charge in [-0.1, -0.05) is 0 Å². The molecule has 0 saturated carbocycles. The zero-order valence-electron chi connectivity index (χ0n) is 5.50. The Hall–Kier alpha value is -0.190. The minimum Gasteiger partial charge on any atom is -0.384 e. The molecule has 0 atom stereocenters. The molecule has 56 valence electrons. The summed E-state index contributed by atoms with van der Waals surface area (Å²) in [6, 6.07) is 0. The van der Waals surface area contributed by atoms with Crippen LogP contribution in [0.15, 0.2) is 0 Å². The molecule has 0 bridgehead atoms. The lowest BCUT2D eigenvalue weighted by atomic mass is 10.5. The first-order valence-electron chi connectivity index (χ1n) is 2.80. The van der Waals surface area contributed by atoms with E-state index in [9.17, 15) is 0 Å². The monoisotopic (exact) mass is 178 g/mol. The highest BCUT2D eigenvalue weighted by Crippen LogP contribution is 2.08. The molecular formula is C5H7ClN2OS. The van der Waals surface area contributed by atoms with Crippen molar-refractivity contribution in [2.24, 2.45) is 0 Å². The van der Waals surface area contributed by atoms with Gasteiger partial charge in [-0.05, 0) is 23.1 Å². The molecule has 0 unspecified atom stereocenters. The summed E-state index contributed by atoms with van der Waals surface area (Å²) in [5.74, 6) is 0. The lowest BCUT2D eigenvalue weighted by molar-refractivity contribution is 0.202. The highest BCUT2D eigenvalue weighted by Gasteiger charge is 1.99. The van der Waals surface area contributed by atoms with Crippen molar-refractivity contribution in [1.29, 1.82) is 0 Å². The van der Waals surface area contributed by atoms with E-state index in [1.54, 1.807) is 7.11 Å². The number of methoxy groups -OCH3 is 1. The molecule has 1 aromatic heterocycles. The van der Waals surface area contributed by atoms with Crippen molar-refractivity contribution in [1.82, 2.24) is 9.36 Å². The summed E-state index contributed by atoms with van der Waals surface area (Å²) >= 11 is 6.80. The molecule has 0 N–H and O–H groups in total. The molecule has 0 fully saturated rings. The highest BCUT2D eigenvalue weighted by molar-refractivity contribution is 7.05. The van der Waals surface area contributed by atoms with Crippen LogP contribution in [0.1, 0.15) is 5.01 Å². The number of hydrogen-bond donors (Lipinski definition) is 0. The van der Waals surface area contributed by atoms with Crippen LogP contribution in [0.2, 0.25) is 5.28 Å². The molecule has 0 aromatic carbocycles. The lowest BCUT2D eigenvalue weighted by Gasteiger charge is -1.90. The fraction of sp³-hybridized carbons (Fsp3) is 0.600. The number of ether oxygens (including phenoxy) is 1. The van der Waals surface area contributed by atoms with E-state index in [0.29, 0.717) is 11.9 Å². The van der Waals surface area contributed by atoms with Crippen molar-refractivity contribution in [2.75, 3.05) is 13.7 Å². The second kappa shape index (κ2) is 3.85. The standard InChI is InChI=1S/C5H7ClN2OS/c1-9-3-2-4-7-5(6)8-10-4/h2-3H2,1H3. The van der Waals surface area contributed by atoms with Crippen LogP contribution in [-0.4, -0.2) is 23.1 Å². The first kappa shape index (κ1) is 7.91. The Morgan fingerprint density at radius 2 is 2.50 bits per heavy atom. The van der Waals surface area contributed by atoms with Gasteiger partial charge in [-0.3, -0.25) is 0 Å². The largest absolute Gasteiger partial charge is 0.384 e. The van der Waals surface area contributed by atoms with Gasteiger partial charge in [0.1, 0.15) is 5.01 Å². The van der Waals surface area contributed by atoms with Gasteiger partial charge in [0, 0.05) is 13.5 Å². The van der Waals surface area contributed by atoms with Gasteiger partial charge in [0.15, 0.2) is 0 Å². The average molecular weight is 179 g/mol. The van der Waals surface area contributed by atoms with E-state index < -0.39 is 0 Å². The Morgan fingerprint density at radius 3 is 3.00 bits per heavy atom. The van der Waals surface area contributed by atoms with Crippen LogP contribution in [0.4, 0.5) is 0 Å². The normalized spacial score (nSPS) is 10.2. The maximum absolute atomic E-state index is 5.49. The predicted molar refractivity (Wildman–Crippen MR) is 40.5 cm³/mol. The highest BCUT2D eigenvalue weighted by atomic mass is 35.5. The van der Waals surface area contributed by atoms with Crippen molar-refractivity contribution in [3.05, 3.63) is 10.3 Å². The Morgan fingerprint density at radius 1 is 1.70 bits per heavy atom. The molecule has 0 amide bonds. The van der Waals surface area contributed by atoms with Crippen LogP contribution >= 0.6 is 23.1 Å². The van der Waals surface area contributed by atoms with Gasteiger partial charge in [0.2, 0.25) is 5.28 Å². The van der Waals surface area contributed by atoms with E-state index in [1.165, 1.54) is 11.5 Å². The molecular weight excluding hydrogens is 172 g/mol. The lowest BCUT2D eigenvalue weighted by Crippen LogP contribution is -1.92. The Labute approximate surface area is 68.2 Å². The second-order valence-electron chi connectivity index (χ2n) is 1.70. The third-order valence-electron chi connectivity index (χ3n) is 0.963. The fourth-order valence-electron chi connectivity index (χ4n) is 0.525. The number of nitrogens with zero attached hydrogens (tertiary/aromatic N) is 2. The molecule has 0 aliphatic carbocycles. The minimum atomic E-state index is 0.330. The van der Waals surface area contributed by atoms with Crippen LogP contribution in [0.5, 0.6) is 0 Å². The number of hydrogen-bond acceptors (Lipinski definition) is 4. The predicted octanol–water partition coefficient (Wildman–Crippen LogP) is 1.38. The molecule has 10 heavy (non-hydrogen) atoms. The van der Waals surface area contributed by atoms with Crippen molar-refractivity contribution in [3.63, 3.8) is 0 Å². The Balaban J connectivity index is 2.42. The zero-order chi connectivity index (χ0) is 7.40. The van der Waals surface area contributed by atoms with Crippen molar-refractivity contribution >= 4 is 23.1 Å². The second-order valence-corrected chi connectivity index (χ2v) is 2.87. The van der Waals surface area contributed by atoms with Gasteiger partial charge in [-0.15, -0.1) is 0 Å². The molecule has 0 saturated heterocycles. The molecule has 5 heteroatoms. The molecule has 0 aliphatic rings. The maximum Gasteiger partial charge on any atom is 0.234 e. The van der Waals surface area contributed by atoms with E-state index in [4.69, 9.17) is 16.3 Å². The molecule has 0 aliphatic heterocycles. The van der Waals surface area contributed by atoms with E-state index in [2.05, 4.69) is 9.36 Å². The van der Waals surface area contributed by atoms with Crippen LogP contribution < -0.4 is 0 Å². The van der Waals surface area contributed by atoms with Gasteiger partial charge in [0.05, 0.1) is 6.61 Å². The summed E-state index contributed by atoms with van der Waals surface area (Å²) < 4.78 is 8.66. The van der Waals surface area contributed by atoms with Gasteiger partial charge >= 0.3 is 0 Å². The van der Waals surface area contributed by atoms with E-state index in [1.807, 2.05) is 0 Å². The van der Waals surface area contributed by atoms with E-state index in [0.717, 1.165) is 11.4 Å². The molecule has 1 rings (SSSR count). The maximum atomic E-state index is 5.49. The first-order valence-corrected chi connectivity index (χ1v) is 3.95. The summed E-state index contributed by atoms with van der Waals surface area (Å²) in [4.78, 5) is 3.94. The first-order chi connectivity index (χ1) is 4.83. The zero-order valence-corrected chi connectivity index (χ0v) is 7.08. The summed E-state index contributed by atoms with van der Waals surface area (Å²) in [6.07, 6.45) is 0.793. The number of rotatable bonds is 3. The van der Waals surface area contributed by atoms with E-state index >= 15 is 0 Å². The van der Waals surface area contributed by atoms with Gasteiger partial charge in [-0.25, -0.2) is 4.98 Å². The third kappa shape index (κ3) is 2.21. The molecule has 1 heterocycles. The molecule has 0 spiro atoms. The summed E-state index contributed by atoms with van der Waals surface area (Å²) in [5.41, 5.74) is 0. The third-order valence-corrected chi connectivity index (χ3v) is 2.00. The summed E-state index contributed by atoms with van der Waals surface area (Å²) in [7, 11) is 1.66. The quantitative estimate of drug-likeness (QED) is 0.702.